The summed E-state index contributed by atoms with van der Waals surface area (Å²) in [5, 5.41) is 9.28. The molecule has 0 aromatic carbocycles. The Morgan fingerprint density at radius 2 is 2.14 bits per heavy atom. The van der Waals surface area contributed by atoms with Gasteiger partial charge in [-0.3, -0.25) is 14.5 Å². The fourth-order valence-electron chi connectivity index (χ4n) is 3.55. The highest BCUT2D eigenvalue weighted by atomic mass is 32.2. The monoisotopic (exact) mass is 436 g/mol. The molecule has 0 radical (unpaired) electrons. The van der Waals surface area contributed by atoms with Gasteiger partial charge in [-0.15, -0.1) is 0 Å². The molecule has 2 aliphatic heterocycles. The van der Waals surface area contributed by atoms with Crippen LogP contribution >= 0.6 is 24.0 Å². The molecule has 2 fully saturated rings. The molecule has 0 bridgehead atoms. The average molecular weight is 437 g/mol. The highest BCUT2D eigenvalue weighted by Crippen LogP contribution is 2.32. The number of nitrogens with zero attached hydrogens (tertiary/aromatic N) is 2. The van der Waals surface area contributed by atoms with Crippen molar-refractivity contribution in [1.82, 2.24) is 9.80 Å². The molecule has 9 heteroatoms. The van der Waals surface area contributed by atoms with Crippen LogP contribution in [-0.2, 0) is 14.4 Å². The van der Waals surface area contributed by atoms with E-state index in [1.807, 2.05) is 0 Å². The van der Waals surface area contributed by atoms with Crippen LogP contribution in [0.1, 0.15) is 50.7 Å². The average Bonchev–Trinajstić information content (AvgIpc) is 3.31. The third-order valence-corrected chi connectivity index (χ3v) is 6.45. The Bertz CT molecular complexity index is 806. The molecular weight excluding hydrogens is 412 g/mol. The van der Waals surface area contributed by atoms with Crippen LogP contribution < -0.4 is 0 Å². The predicted molar refractivity (Wildman–Crippen MR) is 114 cm³/mol. The zero-order chi connectivity index (χ0) is 20.8. The minimum Gasteiger partial charge on any atom is -0.480 e. The minimum absolute atomic E-state index is 0.0934. The number of unbranched alkanes of at least 4 members (excludes halogenated alkanes) is 2. The number of carbonyl (C=O) groups is 3. The van der Waals surface area contributed by atoms with E-state index < -0.39 is 12.0 Å². The fourth-order valence-corrected chi connectivity index (χ4v) is 4.84. The van der Waals surface area contributed by atoms with Gasteiger partial charge in [0.2, 0.25) is 5.91 Å². The zero-order valence-electron chi connectivity index (χ0n) is 16.0. The van der Waals surface area contributed by atoms with Crippen LogP contribution in [0.25, 0.3) is 6.08 Å². The molecule has 2 aliphatic rings. The fraction of sp³-hybridized carbons (Fsp3) is 0.500. The summed E-state index contributed by atoms with van der Waals surface area (Å²) in [5.41, 5.74) is 0. The summed E-state index contributed by atoms with van der Waals surface area (Å²) in [5.74, 6) is -0.523. The summed E-state index contributed by atoms with van der Waals surface area (Å²) in [4.78, 5) is 39.9. The normalized spacial score (nSPS) is 21.2. The Balaban J connectivity index is 1.41. The van der Waals surface area contributed by atoms with Gasteiger partial charge in [0, 0.05) is 25.6 Å². The summed E-state index contributed by atoms with van der Waals surface area (Å²) < 4.78 is 5.77. The first-order valence-corrected chi connectivity index (χ1v) is 11.0. The van der Waals surface area contributed by atoms with Crippen molar-refractivity contribution in [3.63, 3.8) is 0 Å². The molecule has 1 aromatic heterocycles. The lowest BCUT2D eigenvalue weighted by molar-refractivity contribution is -0.152. The molecule has 2 saturated heterocycles. The number of hydrogen-bond acceptors (Lipinski definition) is 6. The van der Waals surface area contributed by atoms with E-state index in [4.69, 9.17) is 16.6 Å². The number of carboxylic acid groups (broad SMARTS) is 1. The topological polar surface area (TPSA) is 91.1 Å². The molecule has 29 heavy (non-hydrogen) atoms. The van der Waals surface area contributed by atoms with Crippen LogP contribution in [0.4, 0.5) is 0 Å². The molecule has 7 nitrogen and oxygen atoms in total. The van der Waals surface area contributed by atoms with E-state index in [0.29, 0.717) is 47.3 Å². The third kappa shape index (κ3) is 5.48. The van der Waals surface area contributed by atoms with Gasteiger partial charge in [-0.2, -0.15) is 0 Å². The van der Waals surface area contributed by atoms with Crippen LogP contribution in [0.3, 0.4) is 0 Å². The van der Waals surface area contributed by atoms with E-state index in [1.54, 1.807) is 29.4 Å². The first-order valence-electron chi connectivity index (χ1n) is 9.78. The molecule has 3 rings (SSSR count). The zero-order valence-corrected chi connectivity index (χ0v) is 17.7. The van der Waals surface area contributed by atoms with Gasteiger partial charge in [-0.25, -0.2) is 4.79 Å². The second-order valence-electron chi connectivity index (χ2n) is 7.10. The largest absolute Gasteiger partial charge is 0.480 e. The molecule has 2 amide bonds. The maximum absolute atomic E-state index is 12.5. The number of thioether (sulfide) groups is 1. The summed E-state index contributed by atoms with van der Waals surface area (Å²) >= 11 is 6.58. The van der Waals surface area contributed by atoms with Crippen molar-refractivity contribution in [1.29, 1.82) is 0 Å². The van der Waals surface area contributed by atoms with Gasteiger partial charge in [0.05, 0.1) is 11.2 Å². The van der Waals surface area contributed by atoms with Gasteiger partial charge in [-0.1, -0.05) is 30.4 Å². The molecule has 0 unspecified atom stereocenters. The number of furan rings is 1. The number of likely N-dealkylation sites (tertiary alicyclic amines) is 1. The Hall–Kier alpha value is -2.13. The van der Waals surface area contributed by atoms with Gasteiger partial charge in [0.1, 0.15) is 16.1 Å². The van der Waals surface area contributed by atoms with Crippen molar-refractivity contribution in [2.45, 2.75) is 51.0 Å². The molecule has 156 valence electrons. The first-order chi connectivity index (χ1) is 14.0. The van der Waals surface area contributed by atoms with E-state index in [-0.39, 0.29) is 11.8 Å². The highest BCUT2D eigenvalue weighted by molar-refractivity contribution is 8.26. The first kappa shape index (κ1) is 21.6. The highest BCUT2D eigenvalue weighted by Gasteiger charge is 2.32. The lowest BCUT2D eigenvalue weighted by atomic mass is 10.0. The summed E-state index contributed by atoms with van der Waals surface area (Å²) in [6.45, 7) is 1.03. The van der Waals surface area contributed by atoms with Gasteiger partial charge < -0.3 is 14.4 Å². The second kappa shape index (κ2) is 10.1. The maximum atomic E-state index is 12.5. The molecule has 3 heterocycles. The summed E-state index contributed by atoms with van der Waals surface area (Å²) in [7, 11) is 0. The van der Waals surface area contributed by atoms with Crippen molar-refractivity contribution in [2.24, 2.45) is 0 Å². The smallest absolute Gasteiger partial charge is 0.326 e. The third-order valence-electron chi connectivity index (χ3n) is 5.07. The standard InChI is InChI=1S/C20H24N2O5S2/c23-17(21-10-5-3-8-15(21)19(25)26)9-2-1-4-11-22-18(24)16(29-20(22)28)13-14-7-6-12-27-14/h6-7,12-13,15H,1-5,8-11H2,(H,25,26)/b16-13-/t15-/m1/s1. The van der Waals surface area contributed by atoms with Crippen molar-refractivity contribution < 1.29 is 23.9 Å². The Morgan fingerprint density at radius 3 is 2.86 bits per heavy atom. The molecular formula is C20H24N2O5S2. The van der Waals surface area contributed by atoms with Crippen LogP contribution in [-0.4, -0.2) is 56.1 Å². The SMILES string of the molecule is O=C(O)[C@H]1CCCCN1C(=O)CCCCCN1C(=O)/C(=C/c2ccco2)SC1=S. The number of hydrogen-bond donors (Lipinski definition) is 1. The van der Waals surface area contributed by atoms with Crippen LogP contribution in [0.15, 0.2) is 27.7 Å². The quantitative estimate of drug-likeness (QED) is 0.379. The number of amides is 2. The Labute approximate surface area is 179 Å². The van der Waals surface area contributed by atoms with E-state index in [9.17, 15) is 19.5 Å². The molecule has 0 aliphatic carbocycles. The van der Waals surface area contributed by atoms with Gasteiger partial charge in [-0.05, 0) is 44.2 Å². The molecule has 0 spiro atoms. The van der Waals surface area contributed by atoms with Gasteiger partial charge >= 0.3 is 5.97 Å². The lowest BCUT2D eigenvalue weighted by Gasteiger charge is -2.33. The van der Waals surface area contributed by atoms with Crippen molar-refractivity contribution in [3.8, 4) is 0 Å². The number of piperidine rings is 1. The minimum atomic E-state index is -0.921. The Morgan fingerprint density at radius 1 is 1.31 bits per heavy atom. The second-order valence-corrected chi connectivity index (χ2v) is 8.77. The van der Waals surface area contributed by atoms with E-state index in [2.05, 4.69) is 0 Å². The molecule has 1 atom stereocenters. The van der Waals surface area contributed by atoms with Crippen LogP contribution in [0.5, 0.6) is 0 Å². The molecule has 1 N–H and O–H groups in total. The van der Waals surface area contributed by atoms with Crippen molar-refractivity contribution in [2.75, 3.05) is 13.1 Å². The number of carbonyl (C=O) groups excluding carboxylic acids is 2. The summed E-state index contributed by atoms with van der Waals surface area (Å²) in [6, 6.07) is 2.85. The van der Waals surface area contributed by atoms with E-state index in [0.717, 1.165) is 25.7 Å². The Kier molecular flexibility index (Phi) is 7.49. The van der Waals surface area contributed by atoms with E-state index in [1.165, 1.54) is 16.7 Å². The van der Waals surface area contributed by atoms with E-state index >= 15 is 0 Å². The number of carboxylic acids is 1. The maximum Gasteiger partial charge on any atom is 0.326 e. The lowest BCUT2D eigenvalue weighted by Crippen LogP contribution is -2.47. The summed E-state index contributed by atoms with van der Waals surface area (Å²) in [6.07, 6.45) is 7.97. The number of rotatable bonds is 8. The van der Waals surface area contributed by atoms with Gasteiger partial charge in [0.25, 0.3) is 5.91 Å². The van der Waals surface area contributed by atoms with Gasteiger partial charge in [0.15, 0.2) is 0 Å². The number of thiocarbonyl (C=S) groups is 1. The van der Waals surface area contributed by atoms with Crippen LogP contribution in [0, 0.1) is 0 Å². The molecule has 1 aromatic rings. The predicted octanol–water partition coefficient (Wildman–Crippen LogP) is 3.51. The number of aliphatic carboxylic acids is 1. The van der Waals surface area contributed by atoms with Crippen LogP contribution in [0.2, 0.25) is 0 Å². The van der Waals surface area contributed by atoms with Crippen molar-refractivity contribution in [3.05, 3.63) is 29.1 Å². The molecule has 0 saturated carbocycles. The van der Waals surface area contributed by atoms with Crippen molar-refractivity contribution >= 4 is 52.2 Å².